The molecule has 2 aromatic rings. The quantitative estimate of drug-likeness (QED) is 0.246. The minimum atomic E-state index is -4.18. The summed E-state index contributed by atoms with van der Waals surface area (Å²) in [5.41, 5.74) is 0.613. The Morgan fingerprint density at radius 3 is 2.07 bits per heavy atom. The molecule has 0 fully saturated rings. The highest BCUT2D eigenvalue weighted by Gasteiger charge is 2.32. The van der Waals surface area contributed by atoms with Crippen molar-refractivity contribution in [1.29, 1.82) is 0 Å². The van der Waals surface area contributed by atoms with E-state index in [0.717, 1.165) is 5.56 Å². The smallest absolute Gasteiger partial charge is 0.242 e. The number of amides is 3. The first-order chi connectivity index (χ1) is 19.0. The minimum absolute atomic E-state index is 0.0660. The standard InChI is InChI=1S/C29H42N4O7S/c1-18(2)15-22(26(35)24-9-8-14-40-24)32-27(36)20(4)31-28(37)23(16-25(34)30-17-29(5,6)7)33-41(38,39)21-12-10-19(3)11-13-21/h8-14,18,20,22-23,33H,15-17H2,1-7H3,(H,30,34)(H,31,37)(H,32,36)/t20-,22-,23-/m0/s1. The molecule has 0 saturated heterocycles. The Balaban J connectivity index is 2.20. The molecule has 41 heavy (non-hydrogen) atoms. The molecule has 0 bridgehead atoms. The summed E-state index contributed by atoms with van der Waals surface area (Å²) in [6, 6.07) is 5.54. The van der Waals surface area contributed by atoms with Gasteiger partial charge >= 0.3 is 0 Å². The largest absolute Gasteiger partial charge is 0.461 e. The van der Waals surface area contributed by atoms with Crippen LogP contribution in [0.3, 0.4) is 0 Å². The third-order valence-electron chi connectivity index (χ3n) is 6.01. The minimum Gasteiger partial charge on any atom is -0.461 e. The molecule has 4 N–H and O–H groups in total. The highest BCUT2D eigenvalue weighted by Crippen LogP contribution is 2.14. The van der Waals surface area contributed by atoms with Crippen molar-refractivity contribution in [1.82, 2.24) is 20.7 Å². The fourth-order valence-corrected chi connectivity index (χ4v) is 4.95. The van der Waals surface area contributed by atoms with E-state index in [9.17, 15) is 27.6 Å². The number of aryl methyl sites for hydroxylation is 1. The molecule has 1 heterocycles. The van der Waals surface area contributed by atoms with Gasteiger partial charge in [-0.2, -0.15) is 4.72 Å². The van der Waals surface area contributed by atoms with Crippen LogP contribution < -0.4 is 20.7 Å². The molecule has 2 rings (SSSR count). The summed E-state index contributed by atoms with van der Waals surface area (Å²) in [4.78, 5) is 51.8. The lowest BCUT2D eigenvalue weighted by Crippen LogP contribution is -2.55. The van der Waals surface area contributed by atoms with Gasteiger partial charge in [-0.1, -0.05) is 52.3 Å². The Morgan fingerprint density at radius 1 is 0.902 bits per heavy atom. The number of Topliss-reactive ketones (excluding diaryl/α,β-unsaturated/α-hetero) is 1. The van der Waals surface area contributed by atoms with Gasteiger partial charge in [0.15, 0.2) is 5.76 Å². The van der Waals surface area contributed by atoms with Gasteiger partial charge in [0.25, 0.3) is 0 Å². The molecule has 0 aliphatic carbocycles. The highest BCUT2D eigenvalue weighted by atomic mass is 32.2. The van der Waals surface area contributed by atoms with E-state index in [2.05, 4.69) is 20.7 Å². The topological polar surface area (TPSA) is 164 Å². The summed E-state index contributed by atoms with van der Waals surface area (Å²) < 4.78 is 33.6. The summed E-state index contributed by atoms with van der Waals surface area (Å²) in [5, 5.41) is 7.84. The van der Waals surface area contributed by atoms with Crippen LogP contribution in [0.2, 0.25) is 0 Å². The molecule has 0 saturated carbocycles. The lowest BCUT2D eigenvalue weighted by atomic mass is 9.97. The number of sulfonamides is 1. The van der Waals surface area contributed by atoms with Crippen molar-refractivity contribution in [3.05, 3.63) is 54.0 Å². The van der Waals surface area contributed by atoms with Crippen LogP contribution in [-0.2, 0) is 24.4 Å². The van der Waals surface area contributed by atoms with E-state index in [-0.39, 0.29) is 22.0 Å². The van der Waals surface area contributed by atoms with Crippen LogP contribution in [0.25, 0.3) is 0 Å². The molecule has 226 valence electrons. The normalized spacial score (nSPS) is 14.1. The molecule has 0 unspecified atom stereocenters. The van der Waals surface area contributed by atoms with Gasteiger partial charge in [0, 0.05) is 6.54 Å². The lowest BCUT2D eigenvalue weighted by molar-refractivity contribution is -0.131. The molecule has 1 aromatic carbocycles. The Labute approximate surface area is 242 Å². The predicted octanol–water partition coefficient (Wildman–Crippen LogP) is 2.71. The number of carbonyl (C=O) groups excluding carboxylic acids is 4. The van der Waals surface area contributed by atoms with Crippen LogP contribution >= 0.6 is 0 Å². The molecule has 3 amide bonds. The first-order valence-electron chi connectivity index (χ1n) is 13.5. The summed E-state index contributed by atoms with van der Waals surface area (Å²) >= 11 is 0. The Kier molecular flexibility index (Phi) is 11.8. The monoisotopic (exact) mass is 590 g/mol. The highest BCUT2D eigenvalue weighted by molar-refractivity contribution is 7.89. The van der Waals surface area contributed by atoms with Crippen LogP contribution in [0.4, 0.5) is 0 Å². The second kappa shape index (κ2) is 14.4. The summed E-state index contributed by atoms with van der Waals surface area (Å²) in [6.07, 6.45) is 1.20. The maximum atomic E-state index is 13.3. The number of ketones is 1. The van der Waals surface area contributed by atoms with Crippen LogP contribution in [-0.4, -0.2) is 56.6 Å². The molecule has 1 aromatic heterocycles. The average molecular weight is 591 g/mol. The van der Waals surface area contributed by atoms with Crippen LogP contribution in [0.5, 0.6) is 0 Å². The maximum absolute atomic E-state index is 13.3. The molecular weight excluding hydrogens is 548 g/mol. The van der Waals surface area contributed by atoms with Gasteiger partial charge in [-0.15, -0.1) is 0 Å². The van der Waals surface area contributed by atoms with Gasteiger partial charge in [0.1, 0.15) is 12.1 Å². The van der Waals surface area contributed by atoms with Crippen LogP contribution in [0.15, 0.2) is 52.0 Å². The van der Waals surface area contributed by atoms with E-state index in [1.54, 1.807) is 25.1 Å². The van der Waals surface area contributed by atoms with Gasteiger partial charge < -0.3 is 20.4 Å². The second-order valence-electron chi connectivity index (χ2n) is 11.8. The van der Waals surface area contributed by atoms with Gasteiger partial charge in [0.2, 0.25) is 33.5 Å². The second-order valence-corrected chi connectivity index (χ2v) is 13.5. The lowest BCUT2D eigenvalue weighted by Gasteiger charge is -2.24. The van der Waals surface area contributed by atoms with Crippen LogP contribution in [0.1, 0.15) is 70.5 Å². The van der Waals surface area contributed by atoms with E-state index >= 15 is 0 Å². The van der Waals surface area contributed by atoms with Crippen LogP contribution in [0, 0.1) is 18.3 Å². The zero-order valence-corrected chi connectivity index (χ0v) is 25.6. The molecule has 0 radical (unpaired) electrons. The van der Waals surface area contributed by atoms with E-state index in [1.807, 2.05) is 34.6 Å². The third kappa shape index (κ3) is 11.1. The molecule has 12 heteroatoms. The first-order valence-corrected chi connectivity index (χ1v) is 15.0. The molecular formula is C29H42N4O7S. The fourth-order valence-electron chi connectivity index (χ4n) is 3.75. The number of hydrogen-bond donors (Lipinski definition) is 4. The molecule has 0 aliphatic rings. The van der Waals surface area contributed by atoms with Crippen molar-refractivity contribution >= 4 is 33.5 Å². The number of furan rings is 1. The van der Waals surface area contributed by atoms with Gasteiger partial charge in [0.05, 0.1) is 23.6 Å². The Hall–Kier alpha value is -3.51. The Bertz CT molecular complexity index is 1300. The summed E-state index contributed by atoms with van der Waals surface area (Å²) in [6.45, 7) is 13.1. The number of carbonyl (C=O) groups is 4. The predicted molar refractivity (Wildman–Crippen MR) is 154 cm³/mol. The van der Waals surface area contributed by atoms with Gasteiger partial charge in [-0.3, -0.25) is 19.2 Å². The van der Waals surface area contributed by atoms with Gasteiger partial charge in [-0.25, -0.2) is 8.42 Å². The zero-order valence-electron chi connectivity index (χ0n) is 24.7. The van der Waals surface area contributed by atoms with Crippen molar-refractivity contribution in [2.24, 2.45) is 11.3 Å². The van der Waals surface area contributed by atoms with Crippen molar-refractivity contribution in [2.75, 3.05) is 6.54 Å². The number of rotatable bonds is 14. The van der Waals surface area contributed by atoms with Crippen molar-refractivity contribution in [3.8, 4) is 0 Å². The van der Waals surface area contributed by atoms with E-state index < -0.39 is 58.1 Å². The molecule has 3 atom stereocenters. The Morgan fingerprint density at radius 2 is 1.54 bits per heavy atom. The van der Waals surface area contributed by atoms with Crippen molar-refractivity contribution in [2.45, 2.75) is 84.3 Å². The number of nitrogens with one attached hydrogen (secondary N) is 4. The maximum Gasteiger partial charge on any atom is 0.242 e. The average Bonchev–Trinajstić information content (AvgIpc) is 3.40. The first kappa shape index (κ1) is 33.7. The van der Waals surface area contributed by atoms with Crippen molar-refractivity contribution in [3.63, 3.8) is 0 Å². The number of hydrogen-bond acceptors (Lipinski definition) is 7. The van der Waals surface area contributed by atoms with Crippen molar-refractivity contribution < 1.29 is 32.0 Å². The fraction of sp³-hybridized carbons (Fsp3) is 0.517. The van der Waals surface area contributed by atoms with E-state index in [4.69, 9.17) is 4.42 Å². The third-order valence-corrected chi connectivity index (χ3v) is 7.49. The van der Waals surface area contributed by atoms with E-state index in [0.29, 0.717) is 13.0 Å². The SMILES string of the molecule is Cc1ccc(S(=O)(=O)N[C@@H](CC(=O)NCC(C)(C)C)C(=O)N[C@@H](C)C(=O)N[C@@H](CC(C)C)C(=O)c2ccco2)cc1. The molecule has 11 nitrogen and oxygen atoms in total. The summed E-state index contributed by atoms with van der Waals surface area (Å²) in [7, 11) is -4.18. The molecule has 0 aliphatic heterocycles. The number of benzene rings is 1. The molecule has 0 spiro atoms. The zero-order chi connectivity index (χ0) is 31.0. The van der Waals surface area contributed by atoms with E-state index in [1.165, 1.54) is 31.4 Å². The summed E-state index contributed by atoms with van der Waals surface area (Å²) in [5.74, 6) is -2.30. The van der Waals surface area contributed by atoms with Gasteiger partial charge in [-0.05, 0) is 55.9 Å².